The molecule has 0 spiro atoms. The summed E-state index contributed by atoms with van der Waals surface area (Å²) in [5.74, 6) is 2.16. The number of hydrogen-bond acceptors (Lipinski definition) is 10. The zero-order valence-corrected chi connectivity index (χ0v) is 23.5. The highest BCUT2D eigenvalue weighted by molar-refractivity contribution is 7.98. The lowest BCUT2D eigenvalue weighted by Crippen LogP contribution is -2.31. The normalized spacial score (nSPS) is 14.2. The topological polar surface area (TPSA) is 118 Å². The van der Waals surface area contributed by atoms with Crippen LogP contribution in [0.3, 0.4) is 0 Å². The van der Waals surface area contributed by atoms with Crippen LogP contribution in [0.25, 0.3) is 11.4 Å². The number of aliphatic imine (C=N–C) groups is 1. The Morgan fingerprint density at radius 3 is 2.68 bits per heavy atom. The maximum absolute atomic E-state index is 12.0. The van der Waals surface area contributed by atoms with Crippen LogP contribution in [-0.4, -0.2) is 63.5 Å². The fraction of sp³-hybridized carbons (Fsp3) is 0.444. The van der Waals surface area contributed by atoms with Crippen molar-refractivity contribution >= 4 is 35.4 Å². The van der Waals surface area contributed by atoms with Crippen molar-refractivity contribution in [3.05, 3.63) is 41.6 Å². The molecular formula is C27H34N8O2S. The number of carbonyl (C=O) groups is 1. The van der Waals surface area contributed by atoms with Crippen molar-refractivity contribution in [2.45, 2.75) is 63.6 Å². The predicted octanol–water partition coefficient (Wildman–Crippen LogP) is 4.69. The van der Waals surface area contributed by atoms with E-state index in [1.54, 1.807) is 25.1 Å². The number of ether oxygens (including phenoxy) is 1. The molecule has 1 atom stereocenters. The highest BCUT2D eigenvalue weighted by Crippen LogP contribution is 2.45. The van der Waals surface area contributed by atoms with E-state index in [4.69, 9.17) is 14.7 Å². The van der Waals surface area contributed by atoms with Gasteiger partial charge in [-0.25, -0.2) is 24.9 Å². The van der Waals surface area contributed by atoms with Crippen LogP contribution in [-0.2, 0) is 11.3 Å². The lowest BCUT2D eigenvalue weighted by Gasteiger charge is -2.28. The summed E-state index contributed by atoms with van der Waals surface area (Å²) in [5.41, 5.74) is 3.84. The molecule has 1 fully saturated rings. The fourth-order valence-electron chi connectivity index (χ4n) is 4.00. The quantitative estimate of drug-likeness (QED) is 0.161. The highest BCUT2D eigenvalue weighted by Gasteiger charge is 2.32. The van der Waals surface area contributed by atoms with E-state index in [-0.39, 0.29) is 11.9 Å². The third-order valence-corrected chi connectivity index (χ3v) is 7.34. The van der Waals surface area contributed by atoms with E-state index >= 15 is 0 Å². The standard InChI is InChI=1S/C27H34N8O2S/c1-7-16(2)35(4)26-23(33-20(14-36)28-12-18-8-11-21(38-6)29-13-18)17(3)32-25(34-26)22-24(19-9-10-19)30-15-31-27(22)37-5/h8,11,13-16,19H,7,9-10,12H2,1-6H3,(H,28,33). The van der Waals surface area contributed by atoms with Gasteiger partial charge in [0.1, 0.15) is 17.6 Å². The van der Waals surface area contributed by atoms with Gasteiger partial charge in [0.2, 0.25) is 5.88 Å². The Hall–Kier alpha value is -3.60. The molecule has 0 bridgehead atoms. The van der Waals surface area contributed by atoms with E-state index in [2.05, 4.69) is 44.0 Å². The summed E-state index contributed by atoms with van der Waals surface area (Å²) in [6.07, 6.45) is 9.04. The van der Waals surface area contributed by atoms with Gasteiger partial charge in [-0.15, -0.1) is 11.8 Å². The number of aromatic nitrogens is 5. The van der Waals surface area contributed by atoms with E-state index in [1.807, 2.05) is 32.4 Å². The molecule has 1 aliphatic rings. The zero-order valence-electron chi connectivity index (χ0n) is 22.7. The predicted molar refractivity (Wildman–Crippen MR) is 151 cm³/mol. The molecule has 0 amide bonds. The summed E-state index contributed by atoms with van der Waals surface area (Å²) >= 11 is 1.58. The number of aldehydes is 1. The van der Waals surface area contributed by atoms with Crippen molar-refractivity contribution < 1.29 is 9.53 Å². The molecule has 1 saturated carbocycles. The number of aryl methyl sites for hydroxylation is 1. The van der Waals surface area contributed by atoms with Crippen LogP contribution in [0.15, 0.2) is 34.7 Å². The van der Waals surface area contributed by atoms with Crippen molar-refractivity contribution in [1.29, 1.82) is 0 Å². The van der Waals surface area contributed by atoms with Crippen LogP contribution in [0.4, 0.5) is 11.5 Å². The summed E-state index contributed by atoms with van der Waals surface area (Å²) in [4.78, 5) is 41.7. The third kappa shape index (κ3) is 6.09. The Bertz CT molecular complexity index is 1310. The number of nitrogens with one attached hydrogen (secondary N) is 1. The van der Waals surface area contributed by atoms with Gasteiger partial charge < -0.3 is 15.0 Å². The minimum Gasteiger partial charge on any atom is -0.480 e. The van der Waals surface area contributed by atoms with Gasteiger partial charge in [-0.1, -0.05) is 13.0 Å². The molecule has 1 N–H and O–H groups in total. The van der Waals surface area contributed by atoms with Crippen LogP contribution in [0.1, 0.15) is 56.0 Å². The number of methoxy groups -OCH3 is 1. The lowest BCUT2D eigenvalue weighted by molar-refractivity contribution is -0.102. The first kappa shape index (κ1) is 27.4. The van der Waals surface area contributed by atoms with Gasteiger partial charge in [0.05, 0.1) is 30.1 Å². The third-order valence-electron chi connectivity index (χ3n) is 6.68. The molecular weight excluding hydrogens is 500 g/mol. The maximum Gasteiger partial charge on any atom is 0.227 e. The van der Waals surface area contributed by atoms with Crippen molar-refractivity contribution in [2.75, 3.05) is 30.6 Å². The minimum absolute atomic E-state index is 0.187. The molecule has 1 unspecified atom stereocenters. The van der Waals surface area contributed by atoms with Gasteiger partial charge in [-0.3, -0.25) is 9.79 Å². The summed E-state index contributed by atoms with van der Waals surface area (Å²) in [6, 6.07) is 4.09. The number of rotatable bonds is 11. The van der Waals surface area contributed by atoms with Crippen molar-refractivity contribution in [3.63, 3.8) is 0 Å². The molecule has 0 saturated heterocycles. The number of pyridine rings is 1. The second kappa shape index (κ2) is 12.3. The minimum atomic E-state index is 0.187. The molecule has 3 aromatic rings. The van der Waals surface area contributed by atoms with Gasteiger partial charge in [0, 0.05) is 25.2 Å². The Kier molecular flexibility index (Phi) is 8.88. The van der Waals surface area contributed by atoms with Gasteiger partial charge in [0.15, 0.2) is 23.8 Å². The second-order valence-electron chi connectivity index (χ2n) is 9.27. The van der Waals surface area contributed by atoms with Gasteiger partial charge in [0.25, 0.3) is 0 Å². The van der Waals surface area contributed by atoms with Crippen LogP contribution < -0.4 is 15.0 Å². The Labute approximate surface area is 227 Å². The number of thioether (sulfide) groups is 1. The number of carbonyl (C=O) groups excluding carboxylic acids is 1. The number of anilines is 2. The first-order valence-corrected chi connectivity index (χ1v) is 13.9. The molecule has 0 radical (unpaired) electrons. The lowest BCUT2D eigenvalue weighted by atomic mass is 10.1. The summed E-state index contributed by atoms with van der Waals surface area (Å²) in [6.45, 7) is 6.46. The van der Waals surface area contributed by atoms with E-state index < -0.39 is 0 Å². The highest BCUT2D eigenvalue weighted by atomic mass is 32.2. The van der Waals surface area contributed by atoms with Gasteiger partial charge in [-0.05, 0) is 51.0 Å². The van der Waals surface area contributed by atoms with E-state index in [0.29, 0.717) is 47.7 Å². The molecule has 3 aromatic heterocycles. The first-order valence-electron chi connectivity index (χ1n) is 12.7. The van der Waals surface area contributed by atoms with Crippen LogP contribution in [0.2, 0.25) is 0 Å². The number of nitrogens with zero attached hydrogens (tertiary/aromatic N) is 7. The molecule has 200 valence electrons. The van der Waals surface area contributed by atoms with Crippen LogP contribution in [0.5, 0.6) is 5.88 Å². The smallest absolute Gasteiger partial charge is 0.227 e. The van der Waals surface area contributed by atoms with Crippen molar-refractivity contribution in [2.24, 2.45) is 4.99 Å². The Morgan fingerprint density at radius 1 is 1.29 bits per heavy atom. The second-order valence-corrected chi connectivity index (χ2v) is 10.1. The molecule has 1 aliphatic carbocycles. The van der Waals surface area contributed by atoms with Crippen LogP contribution >= 0.6 is 11.8 Å². The Balaban J connectivity index is 1.75. The maximum atomic E-state index is 12.0. The molecule has 3 heterocycles. The molecule has 38 heavy (non-hydrogen) atoms. The van der Waals surface area contributed by atoms with E-state index in [0.717, 1.165) is 41.1 Å². The Morgan fingerprint density at radius 2 is 2.08 bits per heavy atom. The number of amidine groups is 1. The molecule has 0 aliphatic heterocycles. The number of hydrogen-bond donors (Lipinski definition) is 1. The molecule has 11 heteroatoms. The summed E-state index contributed by atoms with van der Waals surface area (Å²) < 4.78 is 5.60. The van der Waals surface area contributed by atoms with Gasteiger partial charge >= 0.3 is 0 Å². The van der Waals surface area contributed by atoms with Crippen LogP contribution in [0, 0.1) is 6.92 Å². The largest absolute Gasteiger partial charge is 0.480 e. The molecule has 4 rings (SSSR count). The van der Waals surface area contributed by atoms with E-state index in [9.17, 15) is 4.79 Å². The molecule has 10 nitrogen and oxygen atoms in total. The first-order chi connectivity index (χ1) is 18.4. The SMILES string of the molecule is CCC(C)N(C)c1nc(-c2c(OC)ncnc2C2CC2)nc(C)c1NC(C=O)=NCc1ccc(SC)nc1. The summed E-state index contributed by atoms with van der Waals surface area (Å²) in [7, 11) is 3.58. The van der Waals surface area contributed by atoms with Crippen molar-refractivity contribution in [3.8, 4) is 17.3 Å². The average Bonchev–Trinajstić information content (AvgIpc) is 3.80. The van der Waals surface area contributed by atoms with E-state index in [1.165, 1.54) is 6.33 Å². The molecule has 0 aromatic carbocycles. The van der Waals surface area contributed by atoms with Gasteiger partial charge in [-0.2, -0.15) is 0 Å². The zero-order chi connectivity index (χ0) is 27.2. The fourth-order valence-corrected chi connectivity index (χ4v) is 4.37. The van der Waals surface area contributed by atoms with Crippen molar-refractivity contribution in [1.82, 2.24) is 24.9 Å². The monoisotopic (exact) mass is 534 g/mol. The summed E-state index contributed by atoms with van der Waals surface area (Å²) in [5, 5.41) is 4.14. The average molecular weight is 535 g/mol.